The first-order chi connectivity index (χ1) is 12.3. The average Bonchev–Trinajstić information content (AvgIpc) is 3.32. The number of amides is 1. The van der Waals surface area contributed by atoms with Gasteiger partial charge in [0, 0.05) is 5.56 Å². The van der Waals surface area contributed by atoms with Crippen molar-refractivity contribution in [3.63, 3.8) is 0 Å². The second kappa shape index (κ2) is 6.78. The molecule has 0 aliphatic heterocycles. The molecule has 0 spiro atoms. The number of hydrogen-bond acceptors (Lipinski definition) is 6. The Hall–Kier alpha value is -3.13. The number of benzene rings is 2. The van der Waals surface area contributed by atoms with E-state index in [2.05, 4.69) is 24.3 Å². The molecule has 1 atom stereocenters. The number of nitrogens with one attached hydrogen (secondary N) is 1. The van der Waals surface area contributed by atoms with Crippen LogP contribution in [0, 0.1) is 0 Å². The molecule has 0 unspecified atom stereocenters. The van der Waals surface area contributed by atoms with Crippen molar-refractivity contribution in [2.75, 3.05) is 0 Å². The highest BCUT2D eigenvalue weighted by Gasteiger charge is 2.17. The monoisotopic (exact) mass is 350 g/mol. The number of carbonyl (C=O) groups excluding carboxylic acids is 1. The van der Waals surface area contributed by atoms with Crippen LogP contribution in [0.3, 0.4) is 0 Å². The van der Waals surface area contributed by atoms with Gasteiger partial charge >= 0.3 is 0 Å². The van der Waals surface area contributed by atoms with Crippen LogP contribution < -0.4 is 5.32 Å². The summed E-state index contributed by atoms with van der Waals surface area (Å²) in [5, 5.41) is 11.3. The first kappa shape index (κ1) is 15.4. The lowest BCUT2D eigenvalue weighted by molar-refractivity contribution is 0.0931. The van der Waals surface area contributed by atoms with Gasteiger partial charge in [-0.1, -0.05) is 30.3 Å². The molecule has 1 N–H and O–H groups in total. The third-order valence-corrected chi connectivity index (χ3v) is 4.39. The lowest BCUT2D eigenvalue weighted by Crippen LogP contribution is -2.32. The number of nitrogens with zero attached hydrogens (tertiary/aromatic N) is 5. The van der Waals surface area contributed by atoms with E-state index in [1.807, 2.05) is 30.3 Å². The van der Waals surface area contributed by atoms with Crippen LogP contribution in [0.4, 0.5) is 0 Å². The summed E-state index contributed by atoms with van der Waals surface area (Å²) in [5.74, 6) is -0.170. The zero-order valence-electron chi connectivity index (χ0n) is 13.1. The third kappa shape index (κ3) is 3.38. The molecular weight excluding hydrogens is 336 g/mol. The fraction of sp³-hybridized carbons (Fsp3) is 0.118. The molecule has 1 amide bonds. The van der Waals surface area contributed by atoms with Crippen molar-refractivity contribution in [3.8, 4) is 0 Å². The van der Waals surface area contributed by atoms with Gasteiger partial charge in [0.05, 0.1) is 36.7 Å². The summed E-state index contributed by atoms with van der Waals surface area (Å²) < 4.78 is 8.34. The maximum absolute atomic E-state index is 12.7. The van der Waals surface area contributed by atoms with Gasteiger partial charge in [-0.3, -0.25) is 4.79 Å². The van der Waals surface area contributed by atoms with E-state index in [-0.39, 0.29) is 11.9 Å². The van der Waals surface area contributed by atoms with Gasteiger partial charge in [-0.2, -0.15) is 23.7 Å². The SMILES string of the molecule is O=C(N[C@@H](Cn1nccn1)c1ccccc1)c1ccc2nsnc2c1. The van der Waals surface area contributed by atoms with Gasteiger partial charge in [0.15, 0.2) is 0 Å². The van der Waals surface area contributed by atoms with Gasteiger partial charge in [0.2, 0.25) is 0 Å². The van der Waals surface area contributed by atoms with Crippen molar-refractivity contribution in [2.45, 2.75) is 12.6 Å². The minimum atomic E-state index is -0.245. The molecule has 2 aromatic heterocycles. The number of hydrogen-bond donors (Lipinski definition) is 1. The Morgan fingerprint density at radius 2 is 1.80 bits per heavy atom. The molecule has 0 saturated heterocycles. The molecule has 25 heavy (non-hydrogen) atoms. The van der Waals surface area contributed by atoms with Gasteiger partial charge < -0.3 is 5.32 Å². The highest BCUT2D eigenvalue weighted by atomic mass is 32.1. The van der Waals surface area contributed by atoms with E-state index in [1.165, 1.54) is 0 Å². The minimum Gasteiger partial charge on any atom is -0.343 e. The summed E-state index contributed by atoms with van der Waals surface area (Å²) in [4.78, 5) is 14.3. The lowest BCUT2D eigenvalue weighted by atomic mass is 10.1. The number of aromatic nitrogens is 5. The van der Waals surface area contributed by atoms with E-state index in [4.69, 9.17) is 0 Å². The molecule has 0 aliphatic rings. The van der Waals surface area contributed by atoms with Gasteiger partial charge in [0.1, 0.15) is 11.0 Å². The highest BCUT2D eigenvalue weighted by Crippen LogP contribution is 2.17. The van der Waals surface area contributed by atoms with Crippen LogP contribution in [0.5, 0.6) is 0 Å². The molecule has 0 radical (unpaired) electrons. The standard InChI is InChI=1S/C17H14N6OS/c24-17(13-6-7-14-15(10-13)22-25-21-14)20-16(11-23-18-8-9-19-23)12-4-2-1-3-5-12/h1-10,16H,11H2,(H,20,24)/t16-/m0/s1. The quantitative estimate of drug-likeness (QED) is 0.597. The summed E-state index contributed by atoms with van der Waals surface area (Å²) in [5.41, 5.74) is 3.06. The summed E-state index contributed by atoms with van der Waals surface area (Å²) in [6.07, 6.45) is 3.24. The average molecular weight is 350 g/mol. The van der Waals surface area contributed by atoms with Crippen molar-refractivity contribution in [1.29, 1.82) is 0 Å². The van der Waals surface area contributed by atoms with E-state index in [0.717, 1.165) is 28.3 Å². The normalized spacial score (nSPS) is 12.2. The van der Waals surface area contributed by atoms with Gasteiger partial charge in [0.25, 0.3) is 5.91 Å². The molecular formula is C17H14N6OS. The van der Waals surface area contributed by atoms with Crippen molar-refractivity contribution < 1.29 is 4.79 Å². The van der Waals surface area contributed by atoms with E-state index in [1.54, 1.807) is 35.4 Å². The molecule has 7 nitrogen and oxygen atoms in total. The van der Waals surface area contributed by atoms with E-state index in [0.29, 0.717) is 12.1 Å². The van der Waals surface area contributed by atoms with Crippen LogP contribution in [0.15, 0.2) is 60.9 Å². The maximum atomic E-state index is 12.7. The Labute approximate surface area is 147 Å². The second-order valence-corrected chi connectivity index (χ2v) is 6.02. The van der Waals surface area contributed by atoms with Crippen LogP contribution in [0.2, 0.25) is 0 Å². The fourth-order valence-electron chi connectivity index (χ4n) is 2.59. The third-order valence-electron chi connectivity index (χ3n) is 3.84. The topological polar surface area (TPSA) is 85.6 Å². The summed E-state index contributed by atoms with van der Waals surface area (Å²) in [6.45, 7) is 0.448. The Kier molecular flexibility index (Phi) is 4.17. The van der Waals surface area contributed by atoms with Crippen LogP contribution >= 0.6 is 11.7 Å². The Bertz CT molecular complexity index is 983. The van der Waals surface area contributed by atoms with Gasteiger partial charge in [-0.25, -0.2) is 0 Å². The lowest BCUT2D eigenvalue weighted by Gasteiger charge is -2.19. The molecule has 4 rings (SSSR count). The van der Waals surface area contributed by atoms with Crippen molar-refractivity contribution in [1.82, 2.24) is 29.1 Å². The maximum Gasteiger partial charge on any atom is 0.251 e. The predicted octanol–water partition coefficient (Wildman–Crippen LogP) is 2.45. The molecule has 0 bridgehead atoms. The van der Waals surface area contributed by atoms with Gasteiger partial charge in [-0.05, 0) is 23.8 Å². The first-order valence-corrected chi connectivity index (χ1v) is 8.45. The fourth-order valence-corrected chi connectivity index (χ4v) is 3.10. The summed E-state index contributed by atoms with van der Waals surface area (Å²) in [6, 6.07) is 14.8. The number of rotatable bonds is 5. The van der Waals surface area contributed by atoms with Crippen LogP contribution in [0.1, 0.15) is 22.0 Å². The number of carbonyl (C=O) groups is 1. The van der Waals surface area contributed by atoms with Gasteiger partial charge in [-0.15, -0.1) is 0 Å². The van der Waals surface area contributed by atoms with Crippen LogP contribution in [-0.2, 0) is 6.54 Å². The molecule has 2 aromatic carbocycles. The first-order valence-electron chi connectivity index (χ1n) is 7.72. The Morgan fingerprint density at radius 3 is 2.60 bits per heavy atom. The van der Waals surface area contributed by atoms with E-state index in [9.17, 15) is 4.79 Å². The smallest absolute Gasteiger partial charge is 0.251 e. The molecule has 0 saturated carbocycles. The molecule has 4 aromatic rings. The van der Waals surface area contributed by atoms with E-state index < -0.39 is 0 Å². The Morgan fingerprint density at radius 1 is 1.04 bits per heavy atom. The zero-order valence-corrected chi connectivity index (χ0v) is 13.9. The Balaban J connectivity index is 1.59. The number of fused-ring (bicyclic) bond motifs is 1. The zero-order chi connectivity index (χ0) is 17.1. The summed E-state index contributed by atoms with van der Waals surface area (Å²) >= 11 is 1.14. The highest BCUT2D eigenvalue weighted by molar-refractivity contribution is 7.00. The van der Waals surface area contributed by atoms with Crippen LogP contribution in [0.25, 0.3) is 11.0 Å². The van der Waals surface area contributed by atoms with Crippen molar-refractivity contribution in [2.24, 2.45) is 0 Å². The molecule has 124 valence electrons. The minimum absolute atomic E-state index is 0.170. The van der Waals surface area contributed by atoms with Crippen molar-refractivity contribution in [3.05, 3.63) is 72.1 Å². The van der Waals surface area contributed by atoms with Crippen molar-refractivity contribution >= 4 is 28.7 Å². The summed E-state index contributed by atoms with van der Waals surface area (Å²) in [7, 11) is 0. The largest absolute Gasteiger partial charge is 0.343 e. The van der Waals surface area contributed by atoms with Crippen LogP contribution in [-0.4, -0.2) is 29.6 Å². The molecule has 0 aliphatic carbocycles. The van der Waals surface area contributed by atoms with E-state index >= 15 is 0 Å². The molecule has 8 heteroatoms. The second-order valence-electron chi connectivity index (χ2n) is 5.49. The molecule has 2 heterocycles. The molecule has 0 fully saturated rings. The predicted molar refractivity (Wildman–Crippen MR) is 94.1 cm³/mol.